The largest absolute Gasteiger partial charge is 0.468 e. The molecular formula is C25H29N8O8P. The number of H-pyrrole nitrogens is 2. The molecule has 1 fully saturated rings. The second kappa shape index (κ2) is 13.6. The average Bonchev–Trinajstić information content (AvgIpc) is 3.57. The molecule has 17 heteroatoms. The van der Waals surface area contributed by atoms with Crippen LogP contribution in [0.1, 0.15) is 30.2 Å². The number of nitriles is 1. The number of rotatable bonds is 13. The molecule has 0 bridgehead atoms. The summed E-state index contributed by atoms with van der Waals surface area (Å²) in [5.74, 6) is -0.732. The number of azide groups is 1. The third kappa shape index (κ3) is 7.15. The first-order valence-electron chi connectivity index (χ1n) is 12.9. The molecule has 5 atom stereocenters. The van der Waals surface area contributed by atoms with E-state index in [1.54, 1.807) is 6.20 Å². The number of aromatic amines is 2. The second-order valence-electron chi connectivity index (χ2n) is 9.42. The summed E-state index contributed by atoms with van der Waals surface area (Å²) in [6, 6.07) is 7.31. The van der Waals surface area contributed by atoms with Gasteiger partial charge in [-0.05, 0) is 24.1 Å². The van der Waals surface area contributed by atoms with E-state index < -0.39 is 56.0 Å². The van der Waals surface area contributed by atoms with Crippen LogP contribution in [-0.4, -0.2) is 59.0 Å². The maximum absolute atomic E-state index is 13.9. The Morgan fingerprint density at radius 2 is 2.17 bits per heavy atom. The molecule has 0 saturated carbocycles. The number of para-hydroxylation sites is 1. The molecule has 0 spiro atoms. The third-order valence-corrected chi connectivity index (χ3v) is 8.28. The van der Waals surface area contributed by atoms with Crippen LogP contribution >= 0.6 is 7.75 Å². The molecule has 4 unspecified atom stereocenters. The molecule has 1 saturated heterocycles. The topological polar surface area (TPSA) is 226 Å². The van der Waals surface area contributed by atoms with Crippen molar-refractivity contribution >= 4 is 24.6 Å². The number of carbonyl (C=O) groups excluding carboxylic acids is 1. The number of hydrogen-bond donors (Lipinski definition) is 3. The average molecular weight is 601 g/mol. The molecule has 42 heavy (non-hydrogen) atoms. The predicted octanol–water partition coefficient (Wildman–Crippen LogP) is 2.72. The van der Waals surface area contributed by atoms with E-state index in [2.05, 4.69) is 25.1 Å². The Morgan fingerprint density at radius 3 is 2.90 bits per heavy atom. The minimum absolute atomic E-state index is 0.0574. The van der Waals surface area contributed by atoms with Crippen molar-refractivity contribution in [3.05, 3.63) is 79.1 Å². The highest BCUT2D eigenvalue weighted by atomic mass is 31.2. The van der Waals surface area contributed by atoms with Gasteiger partial charge < -0.3 is 14.5 Å². The minimum atomic E-state index is -4.31. The molecule has 3 heterocycles. The third-order valence-electron chi connectivity index (χ3n) is 6.64. The number of benzene rings is 1. The van der Waals surface area contributed by atoms with Gasteiger partial charge >= 0.3 is 19.4 Å². The normalized spacial score (nSPS) is 20.4. The summed E-state index contributed by atoms with van der Waals surface area (Å²) in [7, 11) is -3.12. The number of methoxy groups -OCH3 is 1. The number of nitrogens with one attached hydrogen (secondary N) is 3. The minimum Gasteiger partial charge on any atom is -0.468 e. The maximum atomic E-state index is 13.9. The van der Waals surface area contributed by atoms with Gasteiger partial charge in [0, 0.05) is 46.6 Å². The molecule has 0 amide bonds. The number of hydrogen-bond acceptors (Lipinski definition) is 10. The van der Waals surface area contributed by atoms with Gasteiger partial charge in [0.25, 0.3) is 5.56 Å². The number of ether oxygens (including phenoxy) is 2. The van der Waals surface area contributed by atoms with E-state index >= 15 is 0 Å². The van der Waals surface area contributed by atoms with Crippen LogP contribution < -0.4 is 16.3 Å². The van der Waals surface area contributed by atoms with Crippen molar-refractivity contribution in [2.24, 2.45) is 5.11 Å². The Hall–Kier alpha value is -4.22. The van der Waals surface area contributed by atoms with Crippen LogP contribution in [0.5, 0.6) is 0 Å². The number of nitrogens with zero attached hydrogens (tertiary/aromatic N) is 5. The zero-order valence-corrected chi connectivity index (χ0v) is 23.7. The number of aromatic nitrogens is 3. The zero-order chi connectivity index (χ0) is 30.3. The first-order valence-corrected chi connectivity index (χ1v) is 14.4. The zero-order valence-electron chi connectivity index (χ0n) is 22.8. The molecule has 1 aliphatic heterocycles. The van der Waals surface area contributed by atoms with Gasteiger partial charge in [-0.2, -0.15) is 5.26 Å². The summed E-state index contributed by atoms with van der Waals surface area (Å²) in [5, 5.41) is 16.2. The molecule has 1 aromatic carbocycles. The van der Waals surface area contributed by atoms with Crippen molar-refractivity contribution in [3.63, 3.8) is 0 Å². The smallest absolute Gasteiger partial charge is 0.406 e. The Balaban J connectivity index is 1.55. The number of carbonyl (C=O) groups is 1. The lowest BCUT2D eigenvalue weighted by atomic mass is 10.1. The van der Waals surface area contributed by atoms with Gasteiger partial charge in [-0.3, -0.25) is 28.2 Å². The number of fused-ring (bicyclic) bond motifs is 1. The van der Waals surface area contributed by atoms with Gasteiger partial charge in [-0.25, -0.2) is 14.4 Å². The van der Waals surface area contributed by atoms with Gasteiger partial charge in [0.15, 0.2) is 0 Å². The van der Waals surface area contributed by atoms with Crippen LogP contribution in [0, 0.1) is 18.3 Å². The van der Waals surface area contributed by atoms with Gasteiger partial charge in [0.05, 0.1) is 45.0 Å². The fourth-order valence-corrected chi connectivity index (χ4v) is 6.03. The molecule has 0 aliphatic carbocycles. The summed E-state index contributed by atoms with van der Waals surface area (Å²) in [4.78, 5) is 45.0. The van der Waals surface area contributed by atoms with Crippen LogP contribution in [0.2, 0.25) is 0 Å². The Bertz CT molecular complexity index is 1690. The van der Waals surface area contributed by atoms with E-state index in [4.69, 9.17) is 29.3 Å². The van der Waals surface area contributed by atoms with E-state index in [-0.39, 0.29) is 31.4 Å². The van der Waals surface area contributed by atoms with Crippen molar-refractivity contribution in [1.82, 2.24) is 19.6 Å². The van der Waals surface area contributed by atoms with Gasteiger partial charge in [0.1, 0.15) is 12.3 Å². The fourth-order valence-electron chi connectivity index (χ4n) is 4.55. The molecule has 2 aromatic heterocycles. The summed E-state index contributed by atoms with van der Waals surface area (Å²) < 4.78 is 37.0. The summed E-state index contributed by atoms with van der Waals surface area (Å²) in [6.07, 6.45) is 1.15. The predicted molar refractivity (Wildman–Crippen MR) is 148 cm³/mol. The van der Waals surface area contributed by atoms with Crippen molar-refractivity contribution in [2.75, 3.05) is 20.3 Å². The van der Waals surface area contributed by atoms with E-state index in [0.29, 0.717) is 0 Å². The molecule has 3 N–H and O–H groups in total. The van der Waals surface area contributed by atoms with Gasteiger partial charge in [0.2, 0.25) is 0 Å². The van der Waals surface area contributed by atoms with Crippen LogP contribution in [-0.2, 0) is 34.3 Å². The molecular weight excluding hydrogens is 571 g/mol. The molecule has 4 rings (SSSR count). The summed E-state index contributed by atoms with van der Waals surface area (Å²) in [6.45, 7) is 0.806. The van der Waals surface area contributed by atoms with E-state index in [9.17, 15) is 18.9 Å². The molecule has 16 nitrogen and oxygen atoms in total. The summed E-state index contributed by atoms with van der Waals surface area (Å²) >= 11 is 0. The highest BCUT2D eigenvalue weighted by Gasteiger charge is 2.40. The standard InChI is InChI=1S/C25H29N8O8P/c1-15-13-33(25(36)29-23(15)34)22-11-19(30-32-27)21(41-22)14-40-42(37,39-9-5-8-26)31-20(24(35)38-2)10-16-12-28-18-7-4-3-6-17(16)18/h3-4,6-7,12-13,19-22,28H,5,9-11,14H2,1-2H3,(H,31,37)(H,29,34,36)/t19?,20-,21?,22?,42?/m0/s1. The molecule has 0 radical (unpaired) electrons. The first kappa shape index (κ1) is 30.7. The van der Waals surface area contributed by atoms with Crippen LogP contribution in [0.25, 0.3) is 21.3 Å². The summed E-state index contributed by atoms with van der Waals surface area (Å²) in [5.41, 5.74) is 9.66. The Kier molecular flexibility index (Phi) is 9.97. The maximum Gasteiger partial charge on any atom is 0.406 e. The quantitative estimate of drug-likeness (QED) is 0.0649. The highest BCUT2D eigenvalue weighted by Crippen LogP contribution is 2.46. The number of aryl methyl sites for hydroxylation is 1. The van der Waals surface area contributed by atoms with E-state index in [0.717, 1.165) is 21.0 Å². The second-order valence-corrected chi connectivity index (χ2v) is 11.2. The Labute approximate surface area is 238 Å². The lowest BCUT2D eigenvalue weighted by molar-refractivity contribution is -0.142. The van der Waals surface area contributed by atoms with Crippen LogP contribution in [0.15, 0.2) is 51.4 Å². The highest BCUT2D eigenvalue weighted by molar-refractivity contribution is 7.51. The van der Waals surface area contributed by atoms with Gasteiger partial charge in [-0.15, -0.1) is 0 Å². The lowest BCUT2D eigenvalue weighted by Crippen LogP contribution is -2.39. The van der Waals surface area contributed by atoms with Crippen molar-refractivity contribution in [1.29, 1.82) is 5.26 Å². The lowest BCUT2D eigenvalue weighted by Gasteiger charge is -2.25. The van der Waals surface area contributed by atoms with E-state index in [1.165, 1.54) is 20.2 Å². The molecule has 3 aromatic rings. The first-order chi connectivity index (χ1) is 20.2. The number of esters is 1. The fraction of sp³-hybridized carbons (Fsp3) is 0.440. The van der Waals surface area contributed by atoms with Crippen molar-refractivity contribution in [3.8, 4) is 6.07 Å². The molecule has 222 valence electrons. The SMILES string of the molecule is COC(=O)[C@H](Cc1c[nH]c2ccccc12)NP(=O)(OCCC#N)OCC1OC(n2cc(C)c(=O)[nH]c2=O)CC1N=[N+]=[N-]. The molecule has 1 aliphatic rings. The van der Waals surface area contributed by atoms with Crippen molar-refractivity contribution < 1.29 is 27.9 Å². The Morgan fingerprint density at radius 1 is 1.38 bits per heavy atom. The monoisotopic (exact) mass is 600 g/mol. The van der Waals surface area contributed by atoms with Crippen LogP contribution in [0.4, 0.5) is 0 Å². The van der Waals surface area contributed by atoms with Crippen molar-refractivity contribution in [2.45, 2.75) is 50.6 Å². The van der Waals surface area contributed by atoms with E-state index in [1.807, 2.05) is 30.3 Å². The van der Waals surface area contributed by atoms with Crippen LogP contribution in [0.3, 0.4) is 0 Å². The van der Waals surface area contributed by atoms with Gasteiger partial charge in [-0.1, -0.05) is 23.3 Å².